The van der Waals surface area contributed by atoms with Gasteiger partial charge in [-0.2, -0.15) is 0 Å². The summed E-state index contributed by atoms with van der Waals surface area (Å²) >= 11 is 1.90. The lowest BCUT2D eigenvalue weighted by Crippen LogP contribution is -2.38. The quantitative estimate of drug-likeness (QED) is 0.307. The van der Waals surface area contributed by atoms with Crippen molar-refractivity contribution in [3.8, 4) is 16.5 Å². The normalized spacial score (nSPS) is 16.0. The minimum atomic E-state index is -0.254. The van der Waals surface area contributed by atoms with E-state index in [4.69, 9.17) is 9.47 Å². The van der Waals surface area contributed by atoms with E-state index in [-0.39, 0.29) is 12.1 Å². The molecule has 0 radical (unpaired) electrons. The first-order valence-electron chi connectivity index (χ1n) is 13.4. The molecule has 0 saturated carbocycles. The number of aromatic nitrogens is 1. The molecule has 3 heterocycles. The number of benzene rings is 2. The van der Waals surface area contributed by atoms with Gasteiger partial charge in [-0.05, 0) is 73.2 Å². The number of hydrogen-bond donors (Lipinski definition) is 1. The summed E-state index contributed by atoms with van der Waals surface area (Å²) in [6, 6.07) is 17.8. The Morgan fingerprint density at radius 1 is 0.974 bits per heavy atom. The van der Waals surface area contributed by atoms with Gasteiger partial charge in [-0.1, -0.05) is 12.1 Å². The van der Waals surface area contributed by atoms with Gasteiger partial charge in [-0.25, -0.2) is 4.79 Å². The van der Waals surface area contributed by atoms with E-state index in [1.165, 1.54) is 33.8 Å². The van der Waals surface area contributed by atoms with E-state index < -0.39 is 0 Å². The van der Waals surface area contributed by atoms with Crippen LogP contribution in [0.2, 0.25) is 0 Å². The third kappa shape index (κ3) is 4.52. The Bertz CT molecular complexity index is 1500. The van der Waals surface area contributed by atoms with Crippen LogP contribution in [0.25, 0.3) is 5.00 Å². The van der Waals surface area contributed by atoms with Crippen molar-refractivity contribution in [2.24, 2.45) is 0 Å². The Labute approximate surface area is 233 Å². The Morgan fingerprint density at radius 3 is 2.49 bits per heavy atom. The zero-order valence-corrected chi connectivity index (χ0v) is 23.7. The average molecular weight is 543 g/mol. The van der Waals surface area contributed by atoms with Crippen molar-refractivity contribution in [3.05, 3.63) is 88.1 Å². The highest BCUT2D eigenvalue weighted by atomic mass is 32.1. The summed E-state index contributed by atoms with van der Waals surface area (Å²) in [4.78, 5) is 19.7. The molecule has 2 amide bonds. The number of aryl methyl sites for hydroxylation is 1. The third-order valence-electron chi connectivity index (χ3n) is 7.80. The molecule has 1 aliphatic heterocycles. The van der Waals surface area contributed by atoms with Crippen molar-refractivity contribution < 1.29 is 14.3 Å². The molecule has 1 unspecified atom stereocenters. The zero-order valence-electron chi connectivity index (χ0n) is 22.9. The SMILES string of the molecule is COc1ccc(NC(=O)N2Cc3c(sc4c3CCCC4)-n3cccc3C2c2ccc(N(C)C)cc2)cc1OC. The number of carbonyl (C=O) groups excluding carboxylic acids is 1. The summed E-state index contributed by atoms with van der Waals surface area (Å²) in [6.07, 6.45) is 6.77. The van der Waals surface area contributed by atoms with Crippen molar-refractivity contribution in [1.29, 1.82) is 0 Å². The van der Waals surface area contributed by atoms with Crippen molar-refractivity contribution in [2.45, 2.75) is 38.3 Å². The molecule has 0 bridgehead atoms. The molecule has 1 atom stereocenters. The van der Waals surface area contributed by atoms with Crippen molar-refractivity contribution in [3.63, 3.8) is 0 Å². The number of nitrogens with zero attached hydrogens (tertiary/aromatic N) is 3. The van der Waals surface area contributed by atoms with Crippen LogP contribution in [0.5, 0.6) is 11.5 Å². The maximum atomic E-state index is 14.2. The lowest BCUT2D eigenvalue weighted by Gasteiger charge is -2.32. The van der Waals surface area contributed by atoms with Crippen LogP contribution in [0.15, 0.2) is 60.8 Å². The molecule has 2 aliphatic rings. The second kappa shape index (κ2) is 10.3. The van der Waals surface area contributed by atoms with Gasteiger partial charge in [0.1, 0.15) is 5.00 Å². The third-order valence-corrected chi connectivity index (χ3v) is 9.13. The molecule has 6 rings (SSSR count). The Balaban J connectivity index is 1.45. The summed E-state index contributed by atoms with van der Waals surface area (Å²) in [5.74, 6) is 1.20. The predicted octanol–water partition coefficient (Wildman–Crippen LogP) is 6.64. The highest BCUT2D eigenvalue weighted by molar-refractivity contribution is 7.15. The maximum absolute atomic E-state index is 14.2. The van der Waals surface area contributed by atoms with E-state index >= 15 is 0 Å². The van der Waals surface area contributed by atoms with Crippen LogP contribution in [0.4, 0.5) is 16.2 Å². The standard InChI is InChI=1S/C31H34N4O3S/c1-33(2)22-14-11-20(12-15-22)29-25-9-7-17-34(25)30-24(23-8-5-6-10-28(23)39-30)19-35(29)31(36)32-21-13-16-26(37-3)27(18-21)38-4/h7,9,11-18,29H,5-6,8,10,19H2,1-4H3,(H,32,36). The van der Waals surface area contributed by atoms with E-state index in [0.717, 1.165) is 29.8 Å². The summed E-state index contributed by atoms with van der Waals surface area (Å²) in [5, 5.41) is 4.41. The van der Waals surface area contributed by atoms with Crippen LogP contribution >= 0.6 is 11.3 Å². The van der Waals surface area contributed by atoms with E-state index in [1.54, 1.807) is 20.3 Å². The summed E-state index contributed by atoms with van der Waals surface area (Å²) < 4.78 is 13.2. The van der Waals surface area contributed by atoms with E-state index in [2.05, 4.69) is 57.4 Å². The topological polar surface area (TPSA) is 59.0 Å². The minimum Gasteiger partial charge on any atom is -0.493 e. The number of carbonyl (C=O) groups is 1. The van der Waals surface area contributed by atoms with Gasteiger partial charge in [0.2, 0.25) is 0 Å². The first kappa shape index (κ1) is 25.4. The molecule has 8 heteroatoms. The Morgan fingerprint density at radius 2 is 1.74 bits per heavy atom. The van der Waals surface area contributed by atoms with Crippen LogP contribution in [-0.2, 0) is 19.4 Å². The van der Waals surface area contributed by atoms with Gasteiger partial charge in [0, 0.05) is 48.2 Å². The van der Waals surface area contributed by atoms with E-state index in [9.17, 15) is 4.79 Å². The number of thiophene rings is 1. The van der Waals surface area contributed by atoms with Crippen LogP contribution in [0.3, 0.4) is 0 Å². The number of fused-ring (bicyclic) bond motifs is 5. The van der Waals surface area contributed by atoms with Crippen molar-refractivity contribution in [2.75, 3.05) is 38.5 Å². The number of hydrogen-bond acceptors (Lipinski definition) is 5. The summed E-state index contributed by atoms with van der Waals surface area (Å²) in [7, 11) is 7.28. The highest BCUT2D eigenvalue weighted by Gasteiger charge is 2.36. The summed E-state index contributed by atoms with van der Waals surface area (Å²) in [6.45, 7) is 0.544. The van der Waals surface area contributed by atoms with Crippen LogP contribution in [0.1, 0.15) is 46.1 Å². The molecule has 7 nitrogen and oxygen atoms in total. The van der Waals surface area contributed by atoms with Gasteiger partial charge >= 0.3 is 6.03 Å². The molecular weight excluding hydrogens is 508 g/mol. The van der Waals surface area contributed by atoms with Gasteiger partial charge < -0.3 is 29.2 Å². The molecule has 4 aromatic rings. The fourth-order valence-electron chi connectivity index (χ4n) is 5.80. The van der Waals surface area contributed by atoms with Crippen LogP contribution in [0, 0.1) is 0 Å². The first-order chi connectivity index (χ1) is 19.0. The fraction of sp³-hybridized carbons (Fsp3) is 0.323. The number of methoxy groups -OCH3 is 2. The van der Waals surface area contributed by atoms with Gasteiger partial charge in [0.15, 0.2) is 11.5 Å². The number of nitrogens with one attached hydrogen (secondary N) is 1. The largest absolute Gasteiger partial charge is 0.493 e. The smallest absolute Gasteiger partial charge is 0.322 e. The maximum Gasteiger partial charge on any atom is 0.322 e. The first-order valence-corrected chi connectivity index (χ1v) is 14.2. The van der Waals surface area contributed by atoms with E-state index in [1.807, 2.05) is 42.5 Å². The molecule has 0 saturated heterocycles. The average Bonchev–Trinajstić information content (AvgIpc) is 3.54. The van der Waals surface area contributed by atoms with Crippen molar-refractivity contribution >= 4 is 28.7 Å². The second-order valence-electron chi connectivity index (χ2n) is 10.3. The van der Waals surface area contributed by atoms with Crippen LogP contribution in [-0.4, -0.2) is 43.8 Å². The monoisotopic (exact) mass is 542 g/mol. The molecule has 2 aromatic carbocycles. The molecular formula is C31H34N4O3S. The molecule has 0 fully saturated rings. The number of ether oxygens (including phenoxy) is 2. The number of urea groups is 1. The molecule has 202 valence electrons. The molecule has 1 N–H and O–H groups in total. The minimum absolute atomic E-state index is 0.153. The molecule has 0 spiro atoms. The molecule has 1 aliphatic carbocycles. The lowest BCUT2D eigenvalue weighted by atomic mass is 9.95. The second-order valence-corrected chi connectivity index (χ2v) is 11.4. The van der Waals surface area contributed by atoms with Gasteiger partial charge in [-0.15, -0.1) is 11.3 Å². The Hall–Kier alpha value is -3.91. The highest BCUT2D eigenvalue weighted by Crippen LogP contribution is 2.44. The van der Waals surface area contributed by atoms with Crippen LogP contribution < -0.4 is 19.7 Å². The van der Waals surface area contributed by atoms with Crippen molar-refractivity contribution in [1.82, 2.24) is 9.47 Å². The number of rotatable bonds is 5. The van der Waals surface area contributed by atoms with Gasteiger partial charge in [-0.3, -0.25) is 0 Å². The fourth-order valence-corrected chi connectivity index (χ4v) is 7.21. The summed E-state index contributed by atoms with van der Waals surface area (Å²) in [5.41, 5.74) is 6.67. The predicted molar refractivity (Wildman–Crippen MR) is 157 cm³/mol. The molecule has 39 heavy (non-hydrogen) atoms. The van der Waals surface area contributed by atoms with E-state index in [0.29, 0.717) is 23.7 Å². The Kier molecular flexibility index (Phi) is 6.73. The van der Waals surface area contributed by atoms with Gasteiger partial charge in [0.25, 0.3) is 0 Å². The number of anilines is 2. The lowest BCUT2D eigenvalue weighted by molar-refractivity contribution is 0.194. The molecule has 2 aromatic heterocycles. The van der Waals surface area contributed by atoms with Gasteiger partial charge in [0.05, 0.1) is 32.5 Å². The number of amides is 2. The zero-order chi connectivity index (χ0) is 27.1.